The number of benzene rings is 2. The van der Waals surface area contributed by atoms with Gasteiger partial charge < -0.3 is 9.84 Å². The Hall–Kier alpha value is -2.28. The normalized spacial score (nSPS) is 11.0. The maximum atomic E-state index is 14.1. The summed E-state index contributed by atoms with van der Waals surface area (Å²) in [5.74, 6) is -6.24. The third-order valence-electron chi connectivity index (χ3n) is 2.97. The van der Waals surface area contributed by atoms with Crippen LogP contribution in [0.2, 0.25) is 0 Å². The Morgan fingerprint density at radius 2 is 1.81 bits per heavy atom. The van der Waals surface area contributed by atoms with Crippen molar-refractivity contribution in [1.82, 2.24) is 4.98 Å². The summed E-state index contributed by atoms with van der Waals surface area (Å²) in [6.45, 7) is 0. The number of aromatic nitrogens is 1. The molecule has 0 bridgehead atoms. The number of methoxy groups -OCH3 is 1. The molecule has 0 saturated carbocycles. The van der Waals surface area contributed by atoms with Gasteiger partial charge in [0, 0.05) is 0 Å². The number of ether oxygens (including phenoxy) is 1. The zero-order valence-corrected chi connectivity index (χ0v) is 11.5. The highest BCUT2D eigenvalue weighted by molar-refractivity contribution is 7.21. The summed E-state index contributed by atoms with van der Waals surface area (Å²) in [5, 5.41) is 9.79. The minimum Gasteiger partial charge on any atom is -0.504 e. The minimum absolute atomic E-state index is 0.00773. The molecule has 7 heteroatoms. The van der Waals surface area contributed by atoms with Gasteiger partial charge in [0.15, 0.2) is 17.3 Å². The van der Waals surface area contributed by atoms with E-state index in [0.717, 1.165) is 18.4 Å². The lowest BCUT2D eigenvalue weighted by Crippen LogP contribution is -2.00. The van der Waals surface area contributed by atoms with Gasteiger partial charge in [-0.25, -0.2) is 9.37 Å². The van der Waals surface area contributed by atoms with Crippen LogP contribution in [0.15, 0.2) is 24.3 Å². The first-order valence-corrected chi connectivity index (χ1v) is 6.65. The Kier molecular flexibility index (Phi) is 3.21. The number of phenolic OH excluding ortho intramolecular Hbond substituents is 1. The van der Waals surface area contributed by atoms with Crippen LogP contribution in [-0.4, -0.2) is 17.2 Å². The lowest BCUT2D eigenvalue weighted by atomic mass is 10.1. The van der Waals surface area contributed by atoms with Crippen molar-refractivity contribution in [3.63, 3.8) is 0 Å². The smallest absolute Gasteiger partial charge is 0.210 e. The lowest BCUT2D eigenvalue weighted by Gasteiger charge is -2.10. The second kappa shape index (κ2) is 4.92. The predicted molar refractivity (Wildman–Crippen MR) is 73.1 cm³/mol. The number of nitrogens with zero attached hydrogens (tertiary/aromatic N) is 1. The molecule has 0 spiro atoms. The van der Waals surface area contributed by atoms with Gasteiger partial charge in [0.25, 0.3) is 0 Å². The van der Waals surface area contributed by atoms with Crippen LogP contribution in [0.4, 0.5) is 13.2 Å². The van der Waals surface area contributed by atoms with E-state index < -0.39 is 34.5 Å². The summed E-state index contributed by atoms with van der Waals surface area (Å²) in [6.07, 6.45) is 0. The van der Waals surface area contributed by atoms with E-state index in [1.165, 1.54) is 0 Å². The van der Waals surface area contributed by atoms with Crippen LogP contribution in [-0.2, 0) is 0 Å². The number of hydrogen-bond acceptors (Lipinski definition) is 4. The highest BCUT2D eigenvalue weighted by Gasteiger charge is 2.28. The van der Waals surface area contributed by atoms with Crippen molar-refractivity contribution in [3.8, 4) is 22.1 Å². The molecule has 0 radical (unpaired) electrons. The molecule has 0 atom stereocenters. The first-order chi connectivity index (χ1) is 10.0. The van der Waals surface area contributed by atoms with Crippen molar-refractivity contribution in [2.45, 2.75) is 0 Å². The van der Waals surface area contributed by atoms with Gasteiger partial charge in [0.2, 0.25) is 11.6 Å². The van der Waals surface area contributed by atoms with E-state index in [1.807, 2.05) is 0 Å². The van der Waals surface area contributed by atoms with E-state index in [0.29, 0.717) is 10.2 Å². The van der Waals surface area contributed by atoms with Crippen LogP contribution in [0.1, 0.15) is 0 Å². The molecule has 1 aromatic heterocycles. The van der Waals surface area contributed by atoms with Crippen molar-refractivity contribution in [2.75, 3.05) is 7.11 Å². The average Bonchev–Trinajstić information content (AvgIpc) is 2.89. The van der Waals surface area contributed by atoms with Crippen LogP contribution in [0.3, 0.4) is 0 Å². The number of phenols is 1. The molecule has 3 aromatic rings. The molecule has 21 heavy (non-hydrogen) atoms. The van der Waals surface area contributed by atoms with E-state index in [1.54, 1.807) is 24.3 Å². The molecule has 0 aliphatic carbocycles. The van der Waals surface area contributed by atoms with E-state index in [2.05, 4.69) is 9.72 Å². The lowest BCUT2D eigenvalue weighted by molar-refractivity contribution is 0.330. The average molecular weight is 311 g/mol. The number of hydrogen-bond donors (Lipinski definition) is 1. The minimum atomic E-state index is -1.50. The van der Waals surface area contributed by atoms with E-state index >= 15 is 0 Å². The second-order valence-electron chi connectivity index (χ2n) is 4.19. The molecule has 0 saturated heterocycles. The summed E-state index contributed by atoms with van der Waals surface area (Å²) in [6, 6.07) is 6.91. The van der Waals surface area contributed by atoms with Crippen LogP contribution in [0.5, 0.6) is 11.5 Å². The number of thiazole rings is 1. The SMILES string of the molecule is COc1c(F)c(O)c(-c2nc3ccccc3s2)c(F)c1F. The van der Waals surface area contributed by atoms with E-state index in [4.69, 9.17) is 0 Å². The van der Waals surface area contributed by atoms with Crippen LogP contribution >= 0.6 is 11.3 Å². The molecule has 3 rings (SSSR count). The van der Waals surface area contributed by atoms with Crippen molar-refractivity contribution in [1.29, 1.82) is 0 Å². The van der Waals surface area contributed by atoms with Gasteiger partial charge in [-0.05, 0) is 12.1 Å². The second-order valence-corrected chi connectivity index (χ2v) is 5.22. The highest BCUT2D eigenvalue weighted by atomic mass is 32.1. The van der Waals surface area contributed by atoms with Gasteiger partial charge in [-0.15, -0.1) is 11.3 Å². The van der Waals surface area contributed by atoms with Gasteiger partial charge in [0.05, 0.1) is 22.9 Å². The Morgan fingerprint density at radius 1 is 1.10 bits per heavy atom. The highest BCUT2D eigenvalue weighted by Crippen LogP contribution is 2.43. The number of rotatable bonds is 2. The topological polar surface area (TPSA) is 42.4 Å². The number of aromatic hydroxyl groups is 1. The van der Waals surface area contributed by atoms with Gasteiger partial charge in [-0.1, -0.05) is 12.1 Å². The van der Waals surface area contributed by atoms with Crippen molar-refractivity contribution >= 4 is 21.6 Å². The zero-order valence-electron chi connectivity index (χ0n) is 10.7. The number of halogens is 3. The molecule has 1 heterocycles. The third kappa shape index (κ3) is 2.01. The van der Waals surface area contributed by atoms with Crippen LogP contribution < -0.4 is 4.74 Å². The Morgan fingerprint density at radius 3 is 2.48 bits per heavy atom. The Labute approximate surface area is 121 Å². The van der Waals surface area contributed by atoms with Crippen molar-refractivity contribution in [2.24, 2.45) is 0 Å². The molecule has 3 nitrogen and oxygen atoms in total. The third-order valence-corrected chi connectivity index (χ3v) is 4.02. The number of fused-ring (bicyclic) bond motifs is 1. The molecule has 0 aliphatic heterocycles. The van der Waals surface area contributed by atoms with E-state index in [-0.39, 0.29) is 5.01 Å². The fourth-order valence-corrected chi connectivity index (χ4v) is 2.99. The molecule has 1 N–H and O–H groups in total. The molecular formula is C14H8F3NO2S. The number of para-hydroxylation sites is 1. The fraction of sp³-hybridized carbons (Fsp3) is 0.0714. The standard InChI is InChI=1S/C14H8F3NO2S/c1-20-13-10(16)9(15)8(12(19)11(13)17)14-18-6-4-2-3-5-7(6)21-14/h2-5,19H,1H3. The maximum Gasteiger partial charge on any atom is 0.210 e. The Balaban J connectivity index is 2.32. The molecule has 0 aliphatic rings. The maximum absolute atomic E-state index is 14.1. The summed E-state index contributed by atoms with van der Waals surface area (Å²) in [4.78, 5) is 4.09. The van der Waals surface area contributed by atoms with Crippen molar-refractivity contribution in [3.05, 3.63) is 41.7 Å². The summed E-state index contributed by atoms with van der Waals surface area (Å²) in [7, 11) is 0.984. The monoisotopic (exact) mass is 311 g/mol. The van der Waals surface area contributed by atoms with Crippen LogP contribution in [0.25, 0.3) is 20.8 Å². The van der Waals surface area contributed by atoms with Gasteiger partial charge in [-0.3, -0.25) is 0 Å². The predicted octanol–water partition coefficient (Wildman–Crippen LogP) is 4.09. The molecule has 0 fully saturated rings. The van der Waals surface area contributed by atoms with E-state index in [9.17, 15) is 18.3 Å². The fourth-order valence-electron chi connectivity index (χ4n) is 1.98. The van der Waals surface area contributed by atoms with Gasteiger partial charge in [0.1, 0.15) is 5.01 Å². The Bertz CT molecular complexity index is 786. The zero-order chi connectivity index (χ0) is 15.1. The summed E-state index contributed by atoms with van der Waals surface area (Å²) in [5.41, 5.74) is -0.0556. The van der Waals surface area contributed by atoms with Crippen molar-refractivity contribution < 1.29 is 23.0 Å². The first kappa shape index (κ1) is 13.7. The molecule has 0 amide bonds. The summed E-state index contributed by atoms with van der Waals surface area (Å²) >= 11 is 1.02. The first-order valence-electron chi connectivity index (χ1n) is 5.84. The van der Waals surface area contributed by atoms with Gasteiger partial charge in [-0.2, -0.15) is 8.78 Å². The molecular weight excluding hydrogens is 303 g/mol. The molecule has 108 valence electrons. The quantitative estimate of drug-likeness (QED) is 0.725. The summed E-state index contributed by atoms with van der Waals surface area (Å²) < 4.78 is 46.8. The van der Waals surface area contributed by atoms with Crippen LogP contribution in [0, 0.1) is 17.5 Å². The van der Waals surface area contributed by atoms with Gasteiger partial charge >= 0.3 is 0 Å². The molecule has 0 unspecified atom stereocenters. The molecule has 2 aromatic carbocycles. The largest absolute Gasteiger partial charge is 0.504 e.